The van der Waals surface area contributed by atoms with Gasteiger partial charge in [-0.1, -0.05) is 88.5 Å². The number of nitrogens with one attached hydrogen (secondary N) is 1. The molecule has 3 aromatic carbocycles. The number of benzene rings is 3. The average molecular weight is 669 g/mol. The summed E-state index contributed by atoms with van der Waals surface area (Å²) >= 11 is 15.7. The first-order valence-corrected chi connectivity index (χ1v) is 16.1. The van der Waals surface area contributed by atoms with Crippen molar-refractivity contribution in [3.63, 3.8) is 0 Å². The Hall–Kier alpha value is -2.59. The summed E-state index contributed by atoms with van der Waals surface area (Å²) in [5.74, 6) is -0.862. The monoisotopic (exact) mass is 667 g/mol. The van der Waals surface area contributed by atoms with Crippen LogP contribution in [-0.4, -0.2) is 50.0 Å². The van der Waals surface area contributed by atoms with Crippen molar-refractivity contribution < 1.29 is 18.0 Å². The summed E-state index contributed by atoms with van der Waals surface area (Å²) in [6, 6.07) is 20.2. The van der Waals surface area contributed by atoms with Crippen molar-refractivity contribution in [2.24, 2.45) is 0 Å². The number of halogens is 3. The van der Waals surface area contributed by atoms with Gasteiger partial charge in [-0.3, -0.25) is 13.9 Å². The molecule has 2 atom stereocenters. The zero-order valence-electron chi connectivity index (χ0n) is 22.5. The molecule has 3 aromatic rings. The zero-order valence-corrected chi connectivity index (χ0v) is 26.4. The fraction of sp³-hybridized carbons (Fsp3) is 0.310. The lowest BCUT2D eigenvalue weighted by Crippen LogP contribution is -2.54. The summed E-state index contributed by atoms with van der Waals surface area (Å²) in [4.78, 5) is 29.2. The Bertz CT molecular complexity index is 1440. The molecule has 0 aliphatic rings. The van der Waals surface area contributed by atoms with Crippen LogP contribution in [0, 0.1) is 0 Å². The number of hydrogen-bond acceptors (Lipinski definition) is 4. The van der Waals surface area contributed by atoms with Crippen molar-refractivity contribution >= 4 is 66.7 Å². The van der Waals surface area contributed by atoms with Gasteiger partial charge in [-0.05, 0) is 54.8 Å². The smallest absolute Gasteiger partial charge is 0.244 e. The maximum atomic E-state index is 14.1. The molecule has 11 heteroatoms. The van der Waals surface area contributed by atoms with Gasteiger partial charge in [0.25, 0.3) is 0 Å². The van der Waals surface area contributed by atoms with Crippen LogP contribution in [0.1, 0.15) is 31.4 Å². The Balaban J connectivity index is 2.07. The summed E-state index contributed by atoms with van der Waals surface area (Å²) in [5, 5.41) is 3.41. The molecule has 0 bridgehead atoms. The van der Waals surface area contributed by atoms with E-state index in [2.05, 4.69) is 21.2 Å². The minimum atomic E-state index is -3.91. The summed E-state index contributed by atoms with van der Waals surface area (Å²) < 4.78 is 27.5. The third-order valence-corrected chi connectivity index (χ3v) is 8.76. The van der Waals surface area contributed by atoms with E-state index in [0.717, 1.165) is 26.2 Å². The highest BCUT2D eigenvalue weighted by Gasteiger charge is 2.33. The molecule has 40 heavy (non-hydrogen) atoms. The number of amides is 2. The van der Waals surface area contributed by atoms with Crippen LogP contribution in [0.25, 0.3) is 0 Å². The molecule has 0 saturated carbocycles. The SMILES string of the molecule is CC[C@@H](C)NC(=O)[C@@H](Cc1ccccc1)N(Cc1cccc(Br)c1)C(=O)CN(c1ccc(Cl)c(Cl)c1)S(C)(=O)=O. The summed E-state index contributed by atoms with van der Waals surface area (Å²) in [6.45, 7) is 3.41. The van der Waals surface area contributed by atoms with E-state index in [1.165, 1.54) is 23.1 Å². The number of hydrogen-bond donors (Lipinski definition) is 1. The van der Waals surface area contributed by atoms with E-state index in [4.69, 9.17) is 23.2 Å². The normalized spacial score (nSPS) is 12.8. The first-order chi connectivity index (χ1) is 18.9. The molecule has 2 amide bonds. The van der Waals surface area contributed by atoms with Gasteiger partial charge in [-0.25, -0.2) is 8.42 Å². The molecular weight excluding hydrogens is 637 g/mol. The lowest BCUT2D eigenvalue weighted by molar-refractivity contribution is -0.140. The van der Waals surface area contributed by atoms with Gasteiger partial charge in [0.15, 0.2) is 0 Å². The second kappa shape index (κ2) is 14.3. The van der Waals surface area contributed by atoms with Crippen molar-refractivity contribution in [2.45, 2.75) is 45.3 Å². The molecule has 0 aromatic heterocycles. The van der Waals surface area contributed by atoms with Gasteiger partial charge >= 0.3 is 0 Å². The Kier molecular flexibility index (Phi) is 11.5. The van der Waals surface area contributed by atoms with Crippen molar-refractivity contribution in [3.8, 4) is 0 Å². The Morgan fingerprint density at radius 3 is 2.23 bits per heavy atom. The molecule has 3 rings (SSSR count). The maximum absolute atomic E-state index is 14.1. The molecule has 0 saturated heterocycles. The lowest BCUT2D eigenvalue weighted by Gasteiger charge is -2.34. The van der Waals surface area contributed by atoms with Crippen LogP contribution in [0.4, 0.5) is 5.69 Å². The summed E-state index contributed by atoms with van der Waals surface area (Å²) in [5.41, 5.74) is 1.83. The van der Waals surface area contributed by atoms with Gasteiger partial charge in [0.2, 0.25) is 21.8 Å². The maximum Gasteiger partial charge on any atom is 0.244 e. The second-order valence-electron chi connectivity index (χ2n) is 9.54. The van der Waals surface area contributed by atoms with Crippen LogP contribution >= 0.6 is 39.1 Å². The number of carbonyl (C=O) groups is 2. The third kappa shape index (κ3) is 8.96. The Morgan fingerprint density at radius 2 is 1.62 bits per heavy atom. The predicted molar refractivity (Wildman–Crippen MR) is 165 cm³/mol. The van der Waals surface area contributed by atoms with Crippen molar-refractivity contribution in [1.82, 2.24) is 10.2 Å². The Labute approximate surface area is 254 Å². The number of rotatable bonds is 12. The van der Waals surface area contributed by atoms with Gasteiger partial charge < -0.3 is 10.2 Å². The largest absolute Gasteiger partial charge is 0.352 e. The van der Waals surface area contributed by atoms with E-state index < -0.39 is 28.5 Å². The van der Waals surface area contributed by atoms with Crippen molar-refractivity contribution in [3.05, 3.63) is 98.4 Å². The van der Waals surface area contributed by atoms with Crippen LogP contribution < -0.4 is 9.62 Å². The van der Waals surface area contributed by atoms with Crippen LogP contribution in [0.15, 0.2) is 77.3 Å². The average Bonchev–Trinajstić information content (AvgIpc) is 2.90. The molecule has 0 spiro atoms. The van der Waals surface area contributed by atoms with E-state index in [-0.39, 0.29) is 40.6 Å². The predicted octanol–water partition coefficient (Wildman–Crippen LogP) is 6.08. The third-order valence-electron chi connectivity index (χ3n) is 6.38. The second-order valence-corrected chi connectivity index (χ2v) is 13.2. The van der Waals surface area contributed by atoms with Gasteiger partial charge in [0, 0.05) is 23.5 Å². The van der Waals surface area contributed by atoms with E-state index in [0.29, 0.717) is 6.42 Å². The highest BCUT2D eigenvalue weighted by atomic mass is 79.9. The number of anilines is 1. The van der Waals surface area contributed by atoms with E-state index in [9.17, 15) is 18.0 Å². The van der Waals surface area contributed by atoms with E-state index in [1.54, 1.807) is 0 Å². The standard InChI is InChI=1S/C29H32BrCl2N3O4S/c1-4-20(2)33-29(37)27(16-21-9-6-5-7-10-21)34(18-22-11-8-12-23(30)15-22)28(36)19-35(40(3,38)39)24-13-14-25(31)26(32)17-24/h5-15,17,20,27H,4,16,18-19H2,1-3H3,(H,33,37)/t20-,27-/m1/s1. The number of nitrogens with zero attached hydrogens (tertiary/aromatic N) is 2. The van der Waals surface area contributed by atoms with Crippen LogP contribution in [0.5, 0.6) is 0 Å². The molecule has 0 aliphatic heterocycles. The topological polar surface area (TPSA) is 86.8 Å². The minimum absolute atomic E-state index is 0.0860. The molecule has 0 aliphatic carbocycles. The van der Waals surface area contributed by atoms with Crippen molar-refractivity contribution in [2.75, 3.05) is 17.1 Å². The molecule has 0 heterocycles. The van der Waals surface area contributed by atoms with Crippen LogP contribution in [0.2, 0.25) is 10.0 Å². The first-order valence-electron chi connectivity index (χ1n) is 12.7. The first kappa shape index (κ1) is 31.9. The summed E-state index contributed by atoms with van der Waals surface area (Å²) in [6.07, 6.45) is 1.97. The molecular formula is C29H32BrCl2N3O4S. The van der Waals surface area contributed by atoms with Gasteiger partial charge in [-0.15, -0.1) is 0 Å². The molecule has 7 nitrogen and oxygen atoms in total. The number of sulfonamides is 1. The Morgan fingerprint density at radius 1 is 0.950 bits per heavy atom. The van der Waals surface area contributed by atoms with Gasteiger partial charge in [0.05, 0.1) is 22.0 Å². The molecule has 1 N–H and O–H groups in total. The molecule has 214 valence electrons. The van der Waals surface area contributed by atoms with Gasteiger partial charge in [0.1, 0.15) is 12.6 Å². The van der Waals surface area contributed by atoms with E-state index in [1.807, 2.05) is 68.4 Å². The highest BCUT2D eigenvalue weighted by Crippen LogP contribution is 2.29. The van der Waals surface area contributed by atoms with Gasteiger partial charge in [-0.2, -0.15) is 0 Å². The molecule has 0 fully saturated rings. The molecule has 0 radical (unpaired) electrons. The lowest BCUT2D eigenvalue weighted by atomic mass is 10.0. The minimum Gasteiger partial charge on any atom is -0.352 e. The zero-order chi connectivity index (χ0) is 29.4. The number of carbonyl (C=O) groups excluding carboxylic acids is 2. The molecule has 0 unspecified atom stereocenters. The fourth-order valence-corrected chi connectivity index (χ4v) is 5.66. The highest BCUT2D eigenvalue weighted by molar-refractivity contribution is 9.10. The van der Waals surface area contributed by atoms with E-state index >= 15 is 0 Å². The quantitative estimate of drug-likeness (QED) is 0.254. The van der Waals surface area contributed by atoms with Crippen LogP contribution in [-0.2, 0) is 32.6 Å². The summed E-state index contributed by atoms with van der Waals surface area (Å²) in [7, 11) is -3.91. The fourth-order valence-electron chi connectivity index (χ4n) is 4.08. The van der Waals surface area contributed by atoms with Crippen molar-refractivity contribution in [1.29, 1.82) is 0 Å². The van der Waals surface area contributed by atoms with Crippen LogP contribution in [0.3, 0.4) is 0 Å².